The standard InChI is InChI=1S/C16H20ClNO/c1-11(2)13-9-15(12(3)8-14(13)17)19-10-16(4-5-16)6-7-18/h8-9,11H,4-6,10H2,1-3H3. The van der Waals surface area contributed by atoms with Gasteiger partial charge in [-0.1, -0.05) is 25.4 Å². The van der Waals surface area contributed by atoms with Crippen LogP contribution in [0, 0.1) is 23.7 Å². The number of nitriles is 1. The highest BCUT2D eigenvalue weighted by atomic mass is 35.5. The summed E-state index contributed by atoms with van der Waals surface area (Å²) in [6.07, 6.45) is 2.80. The van der Waals surface area contributed by atoms with Crippen LogP contribution in [0.1, 0.15) is 50.2 Å². The molecule has 0 unspecified atom stereocenters. The first-order valence-corrected chi connectivity index (χ1v) is 7.15. The van der Waals surface area contributed by atoms with Gasteiger partial charge in [-0.3, -0.25) is 0 Å². The van der Waals surface area contributed by atoms with Gasteiger partial charge in [0.1, 0.15) is 5.75 Å². The van der Waals surface area contributed by atoms with Crippen molar-refractivity contribution in [1.82, 2.24) is 0 Å². The van der Waals surface area contributed by atoms with Gasteiger partial charge in [0.05, 0.1) is 12.7 Å². The number of halogens is 1. The fraction of sp³-hybridized carbons (Fsp3) is 0.562. The molecule has 19 heavy (non-hydrogen) atoms. The fourth-order valence-electron chi connectivity index (χ4n) is 2.21. The van der Waals surface area contributed by atoms with E-state index in [4.69, 9.17) is 21.6 Å². The molecule has 0 amide bonds. The van der Waals surface area contributed by atoms with E-state index in [-0.39, 0.29) is 5.41 Å². The van der Waals surface area contributed by atoms with Crippen molar-refractivity contribution in [1.29, 1.82) is 5.26 Å². The summed E-state index contributed by atoms with van der Waals surface area (Å²) in [5.41, 5.74) is 2.29. The number of aryl methyl sites for hydroxylation is 1. The Bertz CT molecular complexity index is 512. The molecular formula is C16H20ClNO. The van der Waals surface area contributed by atoms with Gasteiger partial charge in [0, 0.05) is 16.9 Å². The molecule has 2 rings (SSSR count). The topological polar surface area (TPSA) is 33.0 Å². The van der Waals surface area contributed by atoms with Crippen LogP contribution in [0.2, 0.25) is 5.02 Å². The molecule has 1 aromatic rings. The normalized spacial score (nSPS) is 16.2. The predicted molar refractivity (Wildman–Crippen MR) is 77.7 cm³/mol. The van der Waals surface area contributed by atoms with E-state index >= 15 is 0 Å². The van der Waals surface area contributed by atoms with Crippen LogP contribution in [-0.4, -0.2) is 6.61 Å². The second-order valence-corrected chi connectivity index (χ2v) is 6.32. The van der Waals surface area contributed by atoms with Gasteiger partial charge in [0.25, 0.3) is 0 Å². The molecule has 0 atom stereocenters. The highest BCUT2D eigenvalue weighted by Gasteiger charge is 2.43. The maximum Gasteiger partial charge on any atom is 0.122 e. The molecule has 0 spiro atoms. The lowest BCUT2D eigenvalue weighted by atomic mass is 10.0. The van der Waals surface area contributed by atoms with Gasteiger partial charge >= 0.3 is 0 Å². The highest BCUT2D eigenvalue weighted by Crippen LogP contribution is 2.49. The van der Waals surface area contributed by atoms with Gasteiger partial charge in [-0.05, 0) is 48.9 Å². The Morgan fingerprint density at radius 1 is 1.42 bits per heavy atom. The smallest absolute Gasteiger partial charge is 0.122 e. The first-order chi connectivity index (χ1) is 8.97. The average Bonchev–Trinajstić information content (AvgIpc) is 3.08. The number of ether oxygens (including phenoxy) is 1. The third-order valence-corrected chi connectivity index (χ3v) is 4.19. The van der Waals surface area contributed by atoms with Gasteiger partial charge < -0.3 is 4.74 Å². The molecule has 3 heteroatoms. The Kier molecular flexibility index (Phi) is 4.06. The second-order valence-electron chi connectivity index (χ2n) is 5.92. The summed E-state index contributed by atoms with van der Waals surface area (Å²) < 4.78 is 5.95. The minimum Gasteiger partial charge on any atom is -0.493 e. The third-order valence-electron chi connectivity index (χ3n) is 3.86. The maximum atomic E-state index is 8.82. The molecule has 0 bridgehead atoms. The molecule has 0 saturated heterocycles. The molecular weight excluding hydrogens is 258 g/mol. The number of hydrogen-bond acceptors (Lipinski definition) is 2. The second kappa shape index (κ2) is 5.43. The van der Waals surface area contributed by atoms with E-state index in [0.717, 1.165) is 34.7 Å². The summed E-state index contributed by atoms with van der Waals surface area (Å²) >= 11 is 6.25. The molecule has 1 aliphatic carbocycles. The van der Waals surface area contributed by atoms with Gasteiger partial charge in [-0.25, -0.2) is 0 Å². The van der Waals surface area contributed by atoms with Gasteiger partial charge in [0.15, 0.2) is 0 Å². The molecule has 1 saturated carbocycles. The van der Waals surface area contributed by atoms with Gasteiger partial charge in [0.2, 0.25) is 0 Å². The lowest BCUT2D eigenvalue weighted by Gasteiger charge is -2.17. The van der Waals surface area contributed by atoms with Crippen molar-refractivity contribution < 1.29 is 4.74 Å². The molecule has 0 aliphatic heterocycles. The van der Waals surface area contributed by atoms with Crippen molar-refractivity contribution in [3.05, 3.63) is 28.3 Å². The summed E-state index contributed by atoms with van der Waals surface area (Å²) in [6, 6.07) is 6.27. The Morgan fingerprint density at radius 3 is 2.63 bits per heavy atom. The maximum absolute atomic E-state index is 8.82. The van der Waals surface area contributed by atoms with E-state index in [0.29, 0.717) is 18.9 Å². The van der Waals surface area contributed by atoms with E-state index in [1.54, 1.807) is 0 Å². The van der Waals surface area contributed by atoms with Crippen LogP contribution >= 0.6 is 11.6 Å². The van der Waals surface area contributed by atoms with Crippen molar-refractivity contribution in [3.63, 3.8) is 0 Å². The summed E-state index contributed by atoms with van der Waals surface area (Å²) in [7, 11) is 0. The van der Waals surface area contributed by atoms with E-state index in [2.05, 4.69) is 19.9 Å². The van der Waals surface area contributed by atoms with Gasteiger partial charge in [-0.15, -0.1) is 0 Å². The fourth-order valence-corrected chi connectivity index (χ4v) is 2.65. The van der Waals surface area contributed by atoms with E-state index in [1.807, 2.05) is 19.1 Å². The lowest BCUT2D eigenvalue weighted by Crippen LogP contribution is -2.13. The lowest BCUT2D eigenvalue weighted by molar-refractivity contribution is 0.235. The first kappa shape index (κ1) is 14.2. The SMILES string of the molecule is Cc1cc(Cl)c(C(C)C)cc1OCC1(CC#N)CC1. The summed E-state index contributed by atoms with van der Waals surface area (Å²) in [5, 5.41) is 9.63. The summed E-state index contributed by atoms with van der Waals surface area (Å²) in [4.78, 5) is 0. The molecule has 0 aromatic heterocycles. The monoisotopic (exact) mass is 277 g/mol. The van der Waals surface area contributed by atoms with Crippen molar-refractivity contribution in [2.45, 2.75) is 46.0 Å². The molecule has 0 heterocycles. The van der Waals surface area contributed by atoms with Crippen LogP contribution in [0.25, 0.3) is 0 Å². The summed E-state index contributed by atoms with van der Waals surface area (Å²) in [5.74, 6) is 1.28. The largest absolute Gasteiger partial charge is 0.493 e. The molecule has 0 N–H and O–H groups in total. The summed E-state index contributed by atoms with van der Waals surface area (Å²) in [6.45, 7) is 6.90. The Morgan fingerprint density at radius 2 is 2.11 bits per heavy atom. The molecule has 102 valence electrons. The van der Waals surface area contributed by atoms with E-state index < -0.39 is 0 Å². The Balaban J connectivity index is 2.12. The van der Waals surface area contributed by atoms with Crippen molar-refractivity contribution in [3.8, 4) is 11.8 Å². The van der Waals surface area contributed by atoms with Crippen LogP contribution in [0.15, 0.2) is 12.1 Å². The Hall–Kier alpha value is -1.20. The molecule has 1 aromatic carbocycles. The quantitative estimate of drug-likeness (QED) is 0.771. The van der Waals surface area contributed by atoms with Crippen molar-refractivity contribution >= 4 is 11.6 Å². The Labute approximate surface area is 120 Å². The molecule has 1 aliphatic rings. The zero-order chi connectivity index (χ0) is 14.0. The third kappa shape index (κ3) is 3.22. The number of benzene rings is 1. The number of nitrogens with zero attached hydrogens (tertiary/aromatic N) is 1. The number of hydrogen-bond donors (Lipinski definition) is 0. The van der Waals surface area contributed by atoms with Crippen LogP contribution in [0.5, 0.6) is 5.75 Å². The van der Waals surface area contributed by atoms with Crippen molar-refractivity contribution in [2.75, 3.05) is 6.61 Å². The van der Waals surface area contributed by atoms with Crippen LogP contribution < -0.4 is 4.74 Å². The molecule has 2 nitrogen and oxygen atoms in total. The minimum absolute atomic E-state index is 0.110. The zero-order valence-corrected chi connectivity index (χ0v) is 12.5. The van der Waals surface area contributed by atoms with E-state index in [9.17, 15) is 0 Å². The predicted octanol–water partition coefficient (Wildman–Crippen LogP) is 4.84. The van der Waals surface area contributed by atoms with Crippen LogP contribution in [0.3, 0.4) is 0 Å². The first-order valence-electron chi connectivity index (χ1n) is 6.77. The van der Waals surface area contributed by atoms with Crippen molar-refractivity contribution in [2.24, 2.45) is 5.41 Å². The molecule has 0 radical (unpaired) electrons. The minimum atomic E-state index is 0.110. The highest BCUT2D eigenvalue weighted by molar-refractivity contribution is 6.31. The molecule has 1 fully saturated rings. The van der Waals surface area contributed by atoms with Crippen LogP contribution in [-0.2, 0) is 0 Å². The van der Waals surface area contributed by atoms with Gasteiger partial charge in [-0.2, -0.15) is 5.26 Å². The number of rotatable bonds is 5. The average molecular weight is 278 g/mol. The zero-order valence-electron chi connectivity index (χ0n) is 11.8. The van der Waals surface area contributed by atoms with E-state index in [1.165, 1.54) is 0 Å². The van der Waals surface area contributed by atoms with Crippen LogP contribution in [0.4, 0.5) is 0 Å².